The summed E-state index contributed by atoms with van der Waals surface area (Å²) in [5.41, 5.74) is 9.99. The number of fused-ring (bicyclic) bond motifs is 1. The topological polar surface area (TPSA) is 123 Å². The molecule has 9 nitrogen and oxygen atoms in total. The van der Waals surface area contributed by atoms with Gasteiger partial charge in [0.2, 0.25) is 11.8 Å². The molecule has 1 aliphatic heterocycles. The Balaban J connectivity index is 1.43. The average Bonchev–Trinajstić information content (AvgIpc) is 3.15. The molecular formula is C30H31FN6O3. The van der Waals surface area contributed by atoms with Gasteiger partial charge in [0.05, 0.1) is 5.56 Å². The highest BCUT2D eigenvalue weighted by atomic mass is 19.1. The van der Waals surface area contributed by atoms with Gasteiger partial charge in [-0.25, -0.2) is 9.37 Å². The molecule has 4 aromatic rings. The first kappa shape index (κ1) is 27.0. The largest absolute Gasteiger partial charge is 0.366 e. The van der Waals surface area contributed by atoms with Gasteiger partial charge in [0.15, 0.2) is 0 Å². The van der Waals surface area contributed by atoms with Crippen molar-refractivity contribution in [2.75, 3.05) is 11.9 Å². The van der Waals surface area contributed by atoms with E-state index in [-0.39, 0.29) is 43.8 Å². The average molecular weight is 543 g/mol. The van der Waals surface area contributed by atoms with Crippen LogP contribution in [0, 0.1) is 13.8 Å². The summed E-state index contributed by atoms with van der Waals surface area (Å²) in [7, 11) is 0. The van der Waals surface area contributed by atoms with E-state index >= 15 is 0 Å². The smallest absolute Gasteiger partial charge is 0.250 e. The van der Waals surface area contributed by atoms with Crippen molar-refractivity contribution in [1.82, 2.24) is 19.4 Å². The lowest BCUT2D eigenvalue weighted by Crippen LogP contribution is -2.48. The number of benzene rings is 1. The zero-order valence-electron chi connectivity index (χ0n) is 22.4. The first-order valence-corrected chi connectivity index (χ1v) is 13.2. The van der Waals surface area contributed by atoms with E-state index < -0.39 is 24.0 Å². The van der Waals surface area contributed by atoms with E-state index in [2.05, 4.69) is 15.3 Å². The lowest BCUT2D eigenvalue weighted by atomic mass is 10.0. The van der Waals surface area contributed by atoms with Crippen LogP contribution in [0.3, 0.4) is 0 Å². The fourth-order valence-electron chi connectivity index (χ4n) is 5.15. The molecule has 3 N–H and O–H groups in total. The molecule has 10 heteroatoms. The molecule has 0 bridgehead atoms. The summed E-state index contributed by atoms with van der Waals surface area (Å²) < 4.78 is 16.0. The number of aromatic nitrogens is 3. The van der Waals surface area contributed by atoms with Crippen molar-refractivity contribution in [3.8, 4) is 11.1 Å². The van der Waals surface area contributed by atoms with E-state index in [1.54, 1.807) is 29.1 Å². The zero-order valence-corrected chi connectivity index (χ0v) is 22.4. The summed E-state index contributed by atoms with van der Waals surface area (Å²) in [6.07, 6.45) is 2.73. The van der Waals surface area contributed by atoms with Crippen LogP contribution < -0.4 is 11.1 Å². The van der Waals surface area contributed by atoms with Gasteiger partial charge in [0, 0.05) is 46.8 Å². The molecule has 206 valence electrons. The number of nitrogens with one attached hydrogen (secondary N) is 1. The summed E-state index contributed by atoms with van der Waals surface area (Å²) in [6.45, 7) is 3.68. The Bertz CT molecular complexity index is 1580. The van der Waals surface area contributed by atoms with Crippen LogP contribution in [0.5, 0.6) is 0 Å². The number of nitrogens with zero attached hydrogens (tertiary/aromatic N) is 4. The molecule has 1 saturated heterocycles. The first-order valence-electron chi connectivity index (χ1n) is 13.2. The first-order chi connectivity index (χ1) is 19.2. The Morgan fingerprint density at radius 2 is 1.82 bits per heavy atom. The van der Waals surface area contributed by atoms with E-state index in [1.807, 2.05) is 50.2 Å². The number of amides is 3. The minimum atomic E-state index is -1.10. The van der Waals surface area contributed by atoms with Gasteiger partial charge >= 0.3 is 0 Å². The molecular weight excluding hydrogens is 511 g/mol. The summed E-state index contributed by atoms with van der Waals surface area (Å²) in [6, 6.07) is 13.8. The van der Waals surface area contributed by atoms with E-state index in [4.69, 9.17) is 5.73 Å². The van der Waals surface area contributed by atoms with Gasteiger partial charge in [0.1, 0.15) is 24.6 Å². The predicted octanol–water partition coefficient (Wildman–Crippen LogP) is 4.17. The fourth-order valence-corrected chi connectivity index (χ4v) is 5.15. The molecule has 1 aliphatic rings. The molecule has 0 spiro atoms. The van der Waals surface area contributed by atoms with Crippen molar-refractivity contribution in [1.29, 1.82) is 0 Å². The third-order valence-electron chi connectivity index (χ3n) is 7.27. The van der Waals surface area contributed by atoms with Crippen molar-refractivity contribution >= 4 is 34.4 Å². The summed E-state index contributed by atoms with van der Waals surface area (Å²) in [5, 5.41) is 3.39. The summed E-state index contributed by atoms with van der Waals surface area (Å²) >= 11 is 0. The van der Waals surface area contributed by atoms with Crippen LogP contribution in [0.15, 0.2) is 60.9 Å². The quantitative estimate of drug-likeness (QED) is 0.379. The molecule has 1 aromatic carbocycles. The Labute approximate surface area is 231 Å². The number of hydrogen-bond acceptors (Lipinski definition) is 5. The molecule has 1 fully saturated rings. The number of rotatable bonds is 6. The molecule has 2 atom stereocenters. The SMILES string of the molecule is Cc1ccc(-c2ccc3c(c2)c(C(N)=O)cn3CC(=O)N2CCC(F)CC[C@H]2C(=O)Nc2cccc(C)n2)cn1. The number of likely N-dealkylation sites (tertiary alicyclic amines) is 1. The number of hydrogen-bond donors (Lipinski definition) is 2. The van der Waals surface area contributed by atoms with Gasteiger partial charge in [-0.05, 0) is 69.0 Å². The Hall–Kier alpha value is -4.60. The third-order valence-corrected chi connectivity index (χ3v) is 7.27. The normalized spacial score (nSPS) is 17.4. The van der Waals surface area contributed by atoms with Crippen molar-refractivity contribution in [3.05, 3.63) is 77.9 Å². The van der Waals surface area contributed by atoms with Gasteiger partial charge < -0.3 is 20.5 Å². The lowest BCUT2D eigenvalue weighted by molar-refractivity contribution is -0.139. The van der Waals surface area contributed by atoms with Crippen LogP contribution in [0.4, 0.5) is 10.2 Å². The van der Waals surface area contributed by atoms with Gasteiger partial charge in [-0.3, -0.25) is 19.4 Å². The van der Waals surface area contributed by atoms with E-state index in [0.29, 0.717) is 16.7 Å². The Morgan fingerprint density at radius 1 is 1.02 bits per heavy atom. The van der Waals surface area contributed by atoms with Crippen LogP contribution in [0.2, 0.25) is 0 Å². The highest BCUT2D eigenvalue weighted by molar-refractivity contribution is 6.07. The molecule has 40 heavy (non-hydrogen) atoms. The standard InChI is InChI=1S/C30H31FN6O3/c1-18-6-7-21(15-33-18)20-8-10-25-23(14-20)24(29(32)39)16-36(25)17-28(38)37-13-12-22(31)9-11-26(37)30(40)35-27-5-3-4-19(2)34-27/h3-8,10,14-16,22,26H,9,11-13,17H2,1-2H3,(H2,32,39)(H,34,35,40)/t22?,26-/m0/s1. The molecule has 3 aromatic heterocycles. The van der Waals surface area contributed by atoms with E-state index in [0.717, 1.165) is 22.5 Å². The molecule has 4 heterocycles. The number of carbonyl (C=O) groups excluding carboxylic acids is 3. The number of primary amides is 1. The van der Waals surface area contributed by atoms with Crippen LogP contribution in [0.25, 0.3) is 22.0 Å². The van der Waals surface area contributed by atoms with Crippen molar-refractivity contribution in [3.63, 3.8) is 0 Å². The number of nitrogens with two attached hydrogens (primary N) is 1. The number of pyridine rings is 2. The van der Waals surface area contributed by atoms with Crippen molar-refractivity contribution < 1.29 is 18.8 Å². The Kier molecular flexibility index (Phi) is 7.59. The van der Waals surface area contributed by atoms with E-state index in [9.17, 15) is 18.8 Å². The minimum absolute atomic E-state index is 0.103. The number of aryl methyl sites for hydroxylation is 2. The molecule has 0 radical (unpaired) electrons. The molecule has 3 amide bonds. The second-order valence-electron chi connectivity index (χ2n) is 10.2. The lowest BCUT2D eigenvalue weighted by Gasteiger charge is -2.29. The number of carbonyl (C=O) groups is 3. The highest BCUT2D eigenvalue weighted by Crippen LogP contribution is 2.29. The van der Waals surface area contributed by atoms with Crippen LogP contribution >= 0.6 is 0 Å². The second-order valence-corrected chi connectivity index (χ2v) is 10.2. The van der Waals surface area contributed by atoms with Crippen molar-refractivity contribution in [2.24, 2.45) is 5.73 Å². The van der Waals surface area contributed by atoms with Crippen LogP contribution in [0.1, 0.15) is 41.0 Å². The summed E-state index contributed by atoms with van der Waals surface area (Å²) in [5.74, 6) is -1.01. The number of anilines is 1. The maximum atomic E-state index is 14.4. The maximum absolute atomic E-state index is 14.4. The monoisotopic (exact) mass is 542 g/mol. The maximum Gasteiger partial charge on any atom is 0.250 e. The molecule has 0 saturated carbocycles. The van der Waals surface area contributed by atoms with Gasteiger partial charge in [-0.15, -0.1) is 0 Å². The van der Waals surface area contributed by atoms with Crippen LogP contribution in [-0.4, -0.2) is 55.9 Å². The van der Waals surface area contributed by atoms with Crippen LogP contribution in [-0.2, 0) is 16.1 Å². The molecule has 5 rings (SSSR count). The van der Waals surface area contributed by atoms with Crippen molar-refractivity contribution in [2.45, 2.75) is 51.9 Å². The number of alkyl halides is 1. The summed E-state index contributed by atoms with van der Waals surface area (Å²) in [4.78, 5) is 49.3. The second kappa shape index (κ2) is 11.3. The Morgan fingerprint density at radius 3 is 2.55 bits per heavy atom. The zero-order chi connectivity index (χ0) is 28.4. The molecule has 1 unspecified atom stereocenters. The van der Waals surface area contributed by atoms with E-state index in [1.165, 1.54) is 4.90 Å². The van der Waals surface area contributed by atoms with Gasteiger partial charge in [-0.1, -0.05) is 18.2 Å². The highest BCUT2D eigenvalue weighted by Gasteiger charge is 2.34. The minimum Gasteiger partial charge on any atom is -0.366 e. The number of halogens is 1. The predicted molar refractivity (Wildman–Crippen MR) is 150 cm³/mol. The molecule has 0 aliphatic carbocycles. The third kappa shape index (κ3) is 5.70. The van der Waals surface area contributed by atoms with Gasteiger partial charge in [-0.2, -0.15) is 0 Å². The fraction of sp³-hybridized carbons (Fsp3) is 0.300. The van der Waals surface area contributed by atoms with Gasteiger partial charge in [0.25, 0.3) is 5.91 Å².